The third kappa shape index (κ3) is 5.07. The molecule has 1 unspecified atom stereocenters. The number of hydrogen-bond acceptors (Lipinski definition) is 5. The van der Waals surface area contributed by atoms with Gasteiger partial charge in [-0.25, -0.2) is 0 Å². The van der Waals surface area contributed by atoms with Gasteiger partial charge in [0.05, 0.1) is 13.2 Å². The second-order valence-electron chi connectivity index (χ2n) is 7.77. The second-order valence-corrected chi connectivity index (χ2v) is 7.77. The number of carbonyl (C=O) groups is 1. The number of nitrogens with zero attached hydrogens (tertiary/aromatic N) is 1. The van der Waals surface area contributed by atoms with Gasteiger partial charge in [-0.3, -0.25) is 4.79 Å². The number of hydrogen-bond donors (Lipinski definition) is 1. The zero-order valence-electron chi connectivity index (χ0n) is 17.1. The minimum Gasteiger partial charge on any atom is -0.493 e. The van der Waals surface area contributed by atoms with E-state index in [1.54, 1.807) is 7.11 Å². The summed E-state index contributed by atoms with van der Waals surface area (Å²) in [5.41, 5.74) is 1.09. The van der Waals surface area contributed by atoms with Gasteiger partial charge in [-0.15, -0.1) is 0 Å². The molecule has 1 saturated carbocycles. The van der Waals surface area contributed by atoms with Crippen LogP contribution in [-0.2, 0) is 20.8 Å². The highest BCUT2D eigenvalue weighted by Crippen LogP contribution is 2.32. The summed E-state index contributed by atoms with van der Waals surface area (Å²) >= 11 is 0. The van der Waals surface area contributed by atoms with Gasteiger partial charge < -0.3 is 24.4 Å². The summed E-state index contributed by atoms with van der Waals surface area (Å²) in [5, 5.41) is 5.48. The summed E-state index contributed by atoms with van der Waals surface area (Å²) in [6, 6.07) is 12.8. The normalized spacial score (nSPS) is 19.3. The number of rotatable bonds is 9. The van der Waals surface area contributed by atoms with Crippen molar-refractivity contribution < 1.29 is 19.0 Å². The fourth-order valence-corrected chi connectivity index (χ4v) is 3.81. The maximum absolute atomic E-state index is 13.1. The largest absolute Gasteiger partial charge is 0.493 e. The number of methoxy groups -OCH3 is 1. The molecule has 2 aliphatic rings. The number of nitrogens with one attached hydrogen (secondary N) is 1. The minimum absolute atomic E-state index is 0.0930. The molecule has 1 aliphatic heterocycles. The van der Waals surface area contributed by atoms with Gasteiger partial charge in [0.25, 0.3) is 5.91 Å². The van der Waals surface area contributed by atoms with Crippen LogP contribution in [0, 0.1) is 0 Å². The van der Waals surface area contributed by atoms with E-state index in [2.05, 4.69) is 29.6 Å². The highest BCUT2D eigenvalue weighted by atomic mass is 16.5. The Bertz CT molecular complexity index is 831. The van der Waals surface area contributed by atoms with Crippen LogP contribution in [-0.4, -0.2) is 63.0 Å². The van der Waals surface area contributed by atoms with Gasteiger partial charge in [0.2, 0.25) is 0 Å². The first-order valence-electron chi connectivity index (χ1n) is 10.5. The monoisotopic (exact) mass is 398 g/mol. The number of amides is 1. The van der Waals surface area contributed by atoms with Crippen LogP contribution in [0.1, 0.15) is 24.8 Å². The molecule has 0 radical (unpaired) electrons. The number of morpholine rings is 1. The van der Waals surface area contributed by atoms with Gasteiger partial charge >= 0.3 is 0 Å². The molecule has 2 aromatic rings. The summed E-state index contributed by atoms with van der Waals surface area (Å²) in [6.07, 6.45) is 2.60. The summed E-state index contributed by atoms with van der Waals surface area (Å²) in [4.78, 5) is 15.1. The quantitative estimate of drug-likeness (QED) is 0.658. The second kappa shape index (κ2) is 9.57. The summed E-state index contributed by atoms with van der Waals surface area (Å²) in [6.45, 7) is 3.85. The Morgan fingerprint density at radius 3 is 2.86 bits per heavy atom. The molecule has 0 bridgehead atoms. The predicted molar refractivity (Wildman–Crippen MR) is 112 cm³/mol. The van der Waals surface area contributed by atoms with Crippen LogP contribution in [0.15, 0.2) is 36.4 Å². The van der Waals surface area contributed by atoms with E-state index in [-0.39, 0.29) is 12.0 Å². The van der Waals surface area contributed by atoms with E-state index in [1.807, 2.05) is 17.0 Å². The third-order valence-corrected chi connectivity index (χ3v) is 5.46. The molecule has 1 N–H and O–H groups in total. The minimum atomic E-state index is -0.380. The van der Waals surface area contributed by atoms with Crippen LogP contribution in [0.4, 0.5) is 0 Å². The number of carbonyl (C=O) groups excluding carboxylic acids is 1. The Kier molecular flexibility index (Phi) is 6.64. The molecule has 156 valence electrons. The van der Waals surface area contributed by atoms with Crippen molar-refractivity contribution in [2.24, 2.45) is 0 Å². The first-order chi connectivity index (χ1) is 14.3. The van der Waals surface area contributed by atoms with Crippen molar-refractivity contribution in [1.82, 2.24) is 10.2 Å². The number of benzene rings is 2. The Balaban J connectivity index is 1.54. The Labute approximate surface area is 172 Å². The van der Waals surface area contributed by atoms with E-state index in [1.165, 1.54) is 0 Å². The number of ether oxygens (including phenoxy) is 3. The fourth-order valence-electron chi connectivity index (χ4n) is 3.81. The molecule has 6 heteroatoms. The van der Waals surface area contributed by atoms with Crippen LogP contribution in [0.2, 0.25) is 0 Å². The smallest absolute Gasteiger partial charge is 0.253 e. The van der Waals surface area contributed by atoms with E-state index in [4.69, 9.17) is 14.2 Å². The standard InChI is InChI=1S/C23H30N2O4/c1-27-10-4-11-28-21-14-17(13-18-5-2-3-6-20(18)21)16-25(19-7-8-19)23(26)22-15-24-9-12-29-22/h2-3,5-6,13-14,19,22,24H,4,7-12,15-16H2,1H3. The molecule has 2 aromatic carbocycles. The average Bonchev–Trinajstić information content (AvgIpc) is 3.60. The molecule has 1 heterocycles. The highest BCUT2D eigenvalue weighted by molar-refractivity contribution is 5.89. The van der Waals surface area contributed by atoms with Gasteiger partial charge in [0, 0.05) is 51.2 Å². The van der Waals surface area contributed by atoms with Crippen molar-refractivity contribution in [1.29, 1.82) is 0 Å². The molecule has 1 atom stereocenters. The van der Waals surface area contributed by atoms with Crippen LogP contribution in [0.25, 0.3) is 10.8 Å². The van der Waals surface area contributed by atoms with Crippen molar-refractivity contribution in [2.75, 3.05) is 40.0 Å². The van der Waals surface area contributed by atoms with Crippen molar-refractivity contribution in [3.63, 3.8) is 0 Å². The first kappa shape index (κ1) is 20.1. The lowest BCUT2D eigenvalue weighted by Crippen LogP contribution is -2.49. The average molecular weight is 399 g/mol. The van der Waals surface area contributed by atoms with Crippen LogP contribution < -0.4 is 10.1 Å². The molecule has 1 amide bonds. The fraction of sp³-hybridized carbons (Fsp3) is 0.522. The predicted octanol–water partition coefficient (Wildman–Crippen LogP) is 2.73. The van der Waals surface area contributed by atoms with Crippen molar-refractivity contribution in [3.05, 3.63) is 42.0 Å². The number of fused-ring (bicyclic) bond motifs is 1. The van der Waals surface area contributed by atoms with Crippen molar-refractivity contribution >= 4 is 16.7 Å². The molecule has 1 aliphatic carbocycles. The zero-order chi connectivity index (χ0) is 20.1. The Hall–Kier alpha value is -2.15. The highest BCUT2D eigenvalue weighted by Gasteiger charge is 2.36. The third-order valence-electron chi connectivity index (χ3n) is 5.46. The summed E-state index contributed by atoms with van der Waals surface area (Å²) in [5.74, 6) is 0.961. The molecule has 29 heavy (non-hydrogen) atoms. The van der Waals surface area contributed by atoms with Crippen LogP contribution >= 0.6 is 0 Å². The van der Waals surface area contributed by atoms with Gasteiger partial charge in [-0.2, -0.15) is 0 Å². The maximum atomic E-state index is 13.1. The van der Waals surface area contributed by atoms with Gasteiger partial charge in [0.15, 0.2) is 0 Å². The maximum Gasteiger partial charge on any atom is 0.253 e. The molecule has 1 saturated heterocycles. The van der Waals surface area contributed by atoms with E-state index < -0.39 is 0 Å². The molecule has 2 fully saturated rings. The lowest BCUT2D eigenvalue weighted by Gasteiger charge is -2.30. The van der Waals surface area contributed by atoms with Crippen molar-refractivity contribution in [3.8, 4) is 5.75 Å². The molecule has 6 nitrogen and oxygen atoms in total. The molecule has 0 spiro atoms. The Morgan fingerprint density at radius 2 is 2.10 bits per heavy atom. The van der Waals surface area contributed by atoms with E-state index in [0.29, 0.717) is 39.0 Å². The van der Waals surface area contributed by atoms with Crippen molar-refractivity contribution in [2.45, 2.75) is 38.0 Å². The van der Waals surface area contributed by atoms with E-state index in [9.17, 15) is 4.79 Å². The molecule has 4 rings (SSSR count). The molecular weight excluding hydrogens is 368 g/mol. The molecule has 0 aromatic heterocycles. The zero-order valence-corrected chi connectivity index (χ0v) is 17.1. The SMILES string of the molecule is COCCCOc1cc(CN(C(=O)C2CNCCO2)C2CC2)cc2ccccc12. The Morgan fingerprint density at radius 1 is 1.24 bits per heavy atom. The summed E-state index contributed by atoms with van der Waals surface area (Å²) < 4.78 is 16.9. The molecular formula is C23H30N2O4. The topological polar surface area (TPSA) is 60.0 Å². The van der Waals surface area contributed by atoms with E-state index in [0.717, 1.165) is 47.9 Å². The van der Waals surface area contributed by atoms with Gasteiger partial charge in [0.1, 0.15) is 11.9 Å². The van der Waals surface area contributed by atoms with E-state index >= 15 is 0 Å². The van der Waals surface area contributed by atoms with Crippen LogP contribution in [0.5, 0.6) is 5.75 Å². The van der Waals surface area contributed by atoms with Gasteiger partial charge in [-0.1, -0.05) is 24.3 Å². The van der Waals surface area contributed by atoms with Crippen LogP contribution in [0.3, 0.4) is 0 Å². The lowest BCUT2D eigenvalue weighted by molar-refractivity contribution is -0.146. The first-order valence-corrected chi connectivity index (χ1v) is 10.5. The lowest BCUT2D eigenvalue weighted by atomic mass is 10.0. The summed E-state index contributed by atoms with van der Waals surface area (Å²) in [7, 11) is 1.70. The van der Waals surface area contributed by atoms with Gasteiger partial charge in [-0.05, 0) is 35.9 Å².